The Balaban J connectivity index is 2.20. The van der Waals surface area contributed by atoms with Gasteiger partial charge in [0.05, 0.1) is 0 Å². The highest BCUT2D eigenvalue weighted by Crippen LogP contribution is 2.16. The van der Waals surface area contributed by atoms with Crippen LogP contribution in [-0.4, -0.2) is 25.5 Å². The first kappa shape index (κ1) is 13.6. The van der Waals surface area contributed by atoms with Crippen LogP contribution in [0, 0.1) is 6.92 Å². The highest BCUT2D eigenvalue weighted by molar-refractivity contribution is 7.99. The van der Waals surface area contributed by atoms with Gasteiger partial charge in [-0.2, -0.15) is 0 Å². The van der Waals surface area contributed by atoms with E-state index >= 15 is 0 Å². The molecule has 2 rings (SSSR count). The third-order valence-electron chi connectivity index (χ3n) is 2.33. The first-order valence-corrected chi connectivity index (χ1v) is 6.84. The van der Waals surface area contributed by atoms with Crippen LogP contribution in [0.4, 0.5) is 0 Å². The van der Waals surface area contributed by atoms with Crippen molar-refractivity contribution in [2.24, 2.45) is 0 Å². The van der Waals surface area contributed by atoms with Crippen molar-refractivity contribution in [2.45, 2.75) is 32.0 Å². The van der Waals surface area contributed by atoms with Gasteiger partial charge in [-0.05, 0) is 13.3 Å². The van der Waals surface area contributed by atoms with Crippen LogP contribution in [0.1, 0.15) is 24.9 Å². The van der Waals surface area contributed by atoms with Crippen LogP contribution in [0.5, 0.6) is 0 Å². The highest BCUT2D eigenvalue weighted by Gasteiger charge is 2.10. The summed E-state index contributed by atoms with van der Waals surface area (Å²) >= 11 is 1.45. The van der Waals surface area contributed by atoms with Gasteiger partial charge >= 0.3 is 5.69 Å². The number of rotatable bonds is 5. The molecule has 1 N–H and O–H groups in total. The quantitative estimate of drug-likeness (QED) is 0.814. The summed E-state index contributed by atoms with van der Waals surface area (Å²) in [5.41, 5.74) is -0.343. The topological polar surface area (TPSA) is 93.8 Å². The maximum atomic E-state index is 11.7. The second kappa shape index (κ2) is 5.87. The van der Waals surface area contributed by atoms with Crippen LogP contribution >= 0.6 is 11.8 Å². The van der Waals surface area contributed by atoms with E-state index in [0.717, 1.165) is 16.7 Å². The Kier molecular flexibility index (Phi) is 4.20. The number of thioether (sulfide) groups is 1. The fourth-order valence-corrected chi connectivity index (χ4v) is 2.10. The van der Waals surface area contributed by atoms with Gasteiger partial charge in [0, 0.05) is 17.5 Å². The molecule has 102 valence electrons. The predicted octanol–water partition coefficient (Wildman–Crippen LogP) is 0.778. The molecule has 0 fully saturated rings. The lowest BCUT2D eigenvalue weighted by atomic mass is 10.4. The lowest BCUT2D eigenvalue weighted by molar-refractivity contribution is 0.399. The van der Waals surface area contributed by atoms with Gasteiger partial charge < -0.3 is 9.40 Å². The molecule has 0 saturated heterocycles. The molecule has 0 spiro atoms. The number of hydrogen-bond donors (Lipinski definition) is 1. The molecule has 0 atom stereocenters. The van der Waals surface area contributed by atoms with Crippen molar-refractivity contribution in [3.05, 3.63) is 38.5 Å². The predicted molar refractivity (Wildman–Crippen MR) is 70.5 cm³/mol. The molecule has 0 aliphatic heterocycles. The maximum Gasteiger partial charge on any atom is 0.329 e. The summed E-state index contributed by atoms with van der Waals surface area (Å²) in [5, 5.41) is 8.12. The third kappa shape index (κ3) is 3.34. The van der Waals surface area contributed by atoms with Crippen molar-refractivity contribution < 1.29 is 4.42 Å². The van der Waals surface area contributed by atoms with Gasteiger partial charge in [-0.3, -0.25) is 9.36 Å². The van der Waals surface area contributed by atoms with Crippen molar-refractivity contribution >= 4 is 11.8 Å². The van der Waals surface area contributed by atoms with Crippen LogP contribution < -0.4 is 11.2 Å². The molecule has 8 heteroatoms. The Labute approximate surface area is 113 Å². The number of nitrogens with zero attached hydrogens (tertiary/aromatic N) is 3. The molecule has 0 aliphatic carbocycles. The number of hydrogen-bond acceptors (Lipinski definition) is 6. The second-order valence-electron chi connectivity index (χ2n) is 3.99. The summed E-state index contributed by atoms with van der Waals surface area (Å²) in [6.45, 7) is 3.68. The molecular formula is C11H14N4O3S. The van der Waals surface area contributed by atoms with E-state index in [1.165, 1.54) is 17.8 Å². The molecule has 2 aromatic heterocycles. The minimum absolute atomic E-state index is 0.0197. The van der Waals surface area contributed by atoms with Crippen LogP contribution in [0.3, 0.4) is 0 Å². The molecule has 19 heavy (non-hydrogen) atoms. The van der Waals surface area contributed by atoms with Gasteiger partial charge in [-0.15, -0.1) is 10.2 Å². The van der Waals surface area contributed by atoms with Crippen LogP contribution in [0.2, 0.25) is 0 Å². The Morgan fingerprint density at radius 2 is 2.21 bits per heavy atom. The SMILES string of the molecule is CCCSc1nnc(Cn2c(=O)cc(C)[nH]c2=O)o1. The normalized spacial score (nSPS) is 10.8. The summed E-state index contributed by atoms with van der Waals surface area (Å²) in [6.07, 6.45) is 0.999. The third-order valence-corrected chi connectivity index (χ3v) is 3.35. The molecular weight excluding hydrogens is 268 g/mol. The number of aryl methyl sites for hydroxylation is 1. The first-order chi connectivity index (χ1) is 9.10. The molecule has 7 nitrogen and oxygen atoms in total. The summed E-state index contributed by atoms with van der Waals surface area (Å²) in [5.74, 6) is 1.13. The molecule has 0 saturated carbocycles. The van der Waals surface area contributed by atoms with Gasteiger partial charge in [0.2, 0.25) is 5.89 Å². The van der Waals surface area contributed by atoms with E-state index < -0.39 is 5.69 Å². The molecule has 0 radical (unpaired) electrons. The zero-order valence-corrected chi connectivity index (χ0v) is 11.5. The van der Waals surface area contributed by atoms with Crippen molar-refractivity contribution in [1.29, 1.82) is 0 Å². The Hall–Kier alpha value is -1.83. The zero-order chi connectivity index (χ0) is 13.8. The van der Waals surface area contributed by atoms with E-state index in [2.05, 4.69) is 22.1 Å². The fraction of sp³-hybridized carbons (Fsp3) is 0.455. The van der Waals surface area contributed by atoms with Crippen molar-refractivity contribution in [1.82, 2.24) is 19.7 Å². The maximum absolute atomic E-state index is 11.7. The lowest BCUT2D eigenvalue weighted by Gasteiger charge is -2.00. The fourth-order valence-electron chi connectivity index (χ4n) is 1.47. The van der Waals surface area contributed by atoms with Gasteiger partial charge in [0.25, 0.3) is 10.8 Å². The minimum Gasteiger partial charge on any atom is -0.414 e. The van der Waals surface area contributed by atoms with Crippen LogP contribution in [-0.2, 0) is 6.54 Å². The largest absolute Gasteiger partial charge is 0.414 e. The summed E-state index contributed by atoms with van der Waals surface area (Å²) < 4.78 is 6.38. The smallest absolute Gasteiger partial charge is 0.329 e. The highest BCUT2D eigenvalue weighted by atomic mass is 32.2. The number of H-pyrrole nitrogens is 1. The number of nitrogens with one attached hydrogen (secondary N) is 1. The number of aromatic nitrogens is 4. The van der Waals surface area contributed by atoms with Crippen molar-refractivity contribution in [3.63, 3.8) is 0 Å². The van der Waals surface area contributed by atoms with Crippen LogP contribution in [0.25, 0.3) is 0 Å². The van der Waals surface area contributed by atoms with Crippen molar-refractivity contribution in [3.8, 4) is 0 Å². The molecule has 2 heterocycles. The summed E-state index contributed by atoms with van der Waals surface area (Å²) in [6, 6.07) is 1.35. The average Bonchev–Trinajstić information content (AvgIpc) is 2.79. The Morgan fingerprint density at radius 1 is 1.42 bits per heavy atom. The molecule has 0 aliphatic rings. The Bertz CT molecular complexity index is 642. The van der Waals surface area contributed by atoms with E-state index in [0.29, 0.717) is 10.9 Å². The Morgan fingerprint density at radius 3 is 2.89 bits per heavy atom. The molecule has 2 aromatic rings. The summed E-state index contributed by atoms with van der Waals surface area (Å²) in [7, 11) is 0. The van der Waals surface area contributed by atoms with E-state index in [-0.39, 0.29) is 18.0 Å². The molecule has 0 aromatic carbocycles. The van der Waals surface area contributed by atoms with Crippen molar-refractivity contribution in [2.75, 3.05) is 5.75 Å². The number of aromatic amines is 1. The lowest BCUT2D eigenvalue weighted by Crippen LogP contribution is -2.35. The van der Waals surface area contributed by atoms with E-state index in [4.69, 9.17) is 4.42 Å². The average molecular weight is 282 g/mol. The summed E-state index contributed by atoms with van der Waals surface area (Å²) in [4.78, 5) is 25.9. The van der Waals surface area contributed by atoms with Gasteiger partial charge in [0.15, 0.2) is 0 Å². The zero-order valence-electron chi connectivity index (χ0n) is 10.7. The molecule has 0 amide bonds. The van der Waals surface area contributed by atoms with Crippen LogP contribution in [0.15, 0.2) is 25.3 Å². The van der Waals surface area contributed by atoms with Gasteiger partial charge in [0.1, 0.15) is 6.54 Å². The van der Waals surface area contributed by atoms with Gasteiger partial charge in [-0.1, -0.05) is 18.7 Å². The molecule has 0 unspecified atom stereocenters. The first-order valence-electron chi connectivity index (χ1n) is 5.86. The standard InChI is InChI=1S/C11H14N4O3S/c1-3-4-19-11-14-13-8(18-11)6-15-9(16)5-7(2)12-10(15)17/h5H,3-4,6H2,1-2H3,(H,12,17). The molecule has 0 bridgehead atoms. The second-order valence-corrected chi connectivity index (χ2v) is 5.04. The van der Waals surface area contributed by atoms with E-state index in [1.54, 1.807) is 6.92 Å². The monoisotopic (exact) mass is 282 g/mol. The van der Waals surface area contributed by atoms with E-state index in [9.17, 15) is 9.59 Å². The van der Waals surface area contributed by atoms with E-state index in [1.807, 2.05) is 0 Å². The minimum atomic E-state index is -0.481. The van der Waals surface area contributed by atoms with Gasteiger partial charge in [-0.25, -0.2) is 4.79 Å².